The highest BCUT2D eigenvalue weighted by Gasteiger charge is 2.43. The highest BCUT2D eigenvalue weighted by Crippen LogP contribution is 2.44. The van der Waals surface area contributed by atoms with Crippen molar-refractivity contribution in [2.24, 2.45) is 0 Å². The van der Waals surface area contributed by atoms with Gasteiger partial charge in [-0.2, -0.15) is 26.3 Å². The van der Waals surface area contributed by atoms with Gasteiger partial charge in [-0.3, -0.25) is 9.59 Å². The fourth-order valence-corrected chi connectivity index (χ4v) is 4.15. The number of nitrogens with one attached hydrogen (secondary N) is 1. The summed E-state index contributed by atoms with van der Waals surface area (Å²) in [7, 11) is 1.23. The largest absolute Gasteiger partial charge is 0.467 e. The van der Waals surface area contributed by atoms with E-state index in [4.69, 9.17) is 4.42 Å². The van der Waals surface area contributed by atoms with E-state index in [1.54, 1.807) is 24.3 Å². The van der Waals surface area contributed by atoms with Crippen molar-refractivity contribution in [2.45, 2.75) is 31.4 Å². The van der Waals surface area contributed by atoms with Crippen molar-refractivity contribution in [3.05, 3.63) is 94.0 Å². The molecular formula is C24H18F6N2O3. The lowest BCUT2D eigenvalue weighted by Crippen LogP contribution is -2.43. The topological polar surface area (TPSA) is 62.6 Å². The van der Waals surface area contributed by atoms with Crippen LogP contribution in [-0.2, 0) is 28.5 Å². The van der Waals surface area contributed by atoms with Crippen LogP contribution in [0.3, 0.4) is 0 Å². The van der Waals surface area contributed by atoms with Gasteiger partial charge in [-0.25, -0.2) is 0 Å². The van der Waals surface area contributed by atoms with Gasteiger partial charge in [-0.15, -0.1) is 0 Å². The minimum absolute atomic E-state index is 0.00657. The van der Waals surface area contributed by atoms with Crippen LogP contribution in [0.15, 0.2) is 76.0 Å². The molecule has 0 saturated heterocycles. The molecule has 1 unspecified atom stereocenters. The van der Waals surface area contributed by atoms with E-state index in [0.29, 0.717) is 17.9 Å². The highest BCUT2D eigenvalue weighted by atomic mass is 19.4. The summed E-state index contributed by atoms with van der Waals surface area (Å²) in [5, 5.41) is 2.59. The zero-order valence-electron chi connectivity index (χ0n) is 18.1. The SMILES string of the molecule is CN1C(=O)C2=CC=CCC2=C(C(=O)NCc2ccco2)C1c1cc(C(F)(F)F)cc(C(F)(F)F)c1. The predicted octanol–water partition coefficient (Wildman–Crippen LogP) is 5.33. The molecule has 0 radical (unpaired) electrons. The molecule has 2 heterocycles. The van der Waals surface area contributed by atoms with Crippen LogP contribution in [0.4, 0.5) is 26.3 Å². The minimum atomic E-state index is -5.08. The van der Waals surface area contributed by atoms with E-state index in [1.807, 2.05) is 0 Å². The Hall–Kier alpha value is -3.76. The lowest BCUT2D eigenvalue weighted by molar-refractivity contribution is -0.143. The number of hydrogen-bond acceptors (Lipinski definition) is 3. The molecule has 1 atom stereocenters. The fourth-order valence-electron chi connectivity index (χ4n) is 4.15. The molecule has 184 valence electrons. The van der Waals surface area contributed by atoms with E-state index in [9.17, 15) is 35.9 Å². The van der Waals surface area contributed by atoms with Gasteiger partial charge in [0.2, 0.25) is 5.91 Å². The quantitative estimate of drug-likeness (QED) is 0.583. The first kappa shape index (κ1) is 24.4. The Morgan fingerprint density at radius 2 is 1.77 bits per heavy atom. The molecule has 5 nitrogen and oxygen atoms in total. The Balaban J connectivity index is 1.88. The first-order valence-corrected chi connectivity index (χ1v) is 10.3. The Labute approximate surface area is 195 Å². The van der Waals surface area contributed by atoms with Crippen LogP contribution in [0.1, 0.15) is 34.9 Å². The number of rotatable bonds is 4. The molecule has 0 spiro atoms. The van der Waals surface area contributed by atoms with Gasteiger partial charge in [0, 0.05) is 18.2 Å². The molecule has 0 fully saturated rings. The van der Waals surface area contributed by atoms with E-state index < -0.39 is 46.9 Å². The monoisotopic (exact) mass is 496 g/mol. The second-order valence-corrected chi connectivity index (χ2v) is 8.02. The number of carbonyl (C=O) groups excluding carboxylic acids is 2. The van der Waals surface area contributed by atoms with Crippen LogP contribution in [0.2, 0.25) is 0 Å². The number of fused-ring (bicyclic) bond motifs is 1. The first-order chi connectivity index (χ1) is 16.4. The van der Waals surface area contributed by atoms with Gasteiger partial charge in [0.15, 0.2) is 0 Å². The number of likely N-dealkylation sites (N-methyl/N-ethyl adjacent to an activating group) is 1. The van der Waals surface area contributed by atoms with Crippen molar-refractivity contribution < 1.29 is 40.3 Å². The van der Waals surface area contributed by atoms with Crippen LogP contribution in [0.5, 0.6) is 0 Å². The molecule has 1 aromatic carbocycles. The first-order valence-electron chi connectivity index (χ1n) is 10.3. The number of furan rings is 1. The van der Waals surface area contributed by atoms with Gasteiger partial charge in [0.25, 0.3) is 5.91 Å². The third-order valence-electron chi connectivity index (χ3n) is 5.76. The normalized spacial score (nSPS) is 18.5. The number of halogens is 6. The molecule has 35 heavy (non-hydrogen) atoms. The second-order valence-electron chi connectivity index (χ2n) is 8.02. The number of nitrogens with zero attached hydrogens (tertiary/aromatic N) is 1. The average Bonchev–Trinajstić information content (AvgIpc) is 3.32. The summed E-state index contributed by atoms with van der Waals surface area (Å²) >= 11 is 0. The maximum atomic E-state index is 13.5. The predicted molar refractivity (Wildman–Crippen MR) is 111 cm³/mol. The maximum absolute atomic E-state index is 13.5. The average molecular weight is 496 g/mol. The molecular weight excluding hydrogens is 478 g/mol. The van der Waals surface area contributed by atoms with Crippen molar-refractivity contribution in [3.8, 4) is 0 Å². The number of benzene rings is 1. The lowest BCUT2D eigenvalue weighted by atomic mass is 9.81. The molecule has 1 aliphatic heterocycles. The van der Waals surface area contributed by atoms with E-state index in [1.165, 1.54) is 19.4 Å². The van der Waals surface area contributed by atoms with Crippen molar-refractivity contribution >= 4 is 11.8 Å². The van der Waals surface area contributed by atoms with Gasteiger partial charge in [0.1, 0.15) is 5.76 Å². The Kier molecular flexibility index (Phi) is 6.12. The summed E-state index contributed by atoms with van der Waals surface area (Å²) in [6.45, 7) is -0.0712. The van der Waals surface area contributed by atoms with E-state index >= 15 is 0 Å². The fraction of sp³-hybridized carbons (Fsp3) is 0.250. The molecule has 0 bridgehead atoms. The molecule has 2 aliphatic rings. The zero-order valence-corrected chi connectivity index (χ0v) is 18.1. The van der Waals surface area contributed by atoms with Gasteiger partial charge >= 0.3 is 12.4 Å². The van der Waals surface area contributed by atoms with Crippen molar-refractivity contribution in [2.75, 3.05) is 7.05 Å². The Morgan fingerprint density at radius 3 is 2.34 bits per heavy atom. The number of alkyl halides is 6. The van der Waals surface area contributed by atoms with Gasteiger partial charge in [-0.05, 0) is 54.0 Å². The second kappa shape index (κ2) is 8.79. The lowest BCUT2D eigenvalue weighted by Gasteiger charge is -2.38. The molecule has 2 amide bonds. The summed E-state index contributed by atoms with van der Waals surface area (Å²) in [6.07, 6.45) is -3.98. The molecule has 2 aromatic rings. The summed E-state index contributed by atoms with van der Waals surface area (Å²) in [5.41, 5.74) is -3.27. The van der Waals surface area contributed by atoms with Gasteiger partial charge in [0.05, 0.1) is 30.0 Å². The summed E-state index contributed by atoms with van der Waals surface area (Å²) < 4.78 is 86.2. The maximum Gasteiger partial charge on any atom is 0.416 e. The summed E-state index contributed by atoms with van der Waals surface area (Å²) in [5.74, 6) is -0.978. The van der Waals surface area contributed by atoms with Crippen LogP contribution < -0.4 is 5.32 Å². The number of carbonyl (C=O) groups is 2. The Morgan fingerprint density at radius 1 is 1.11 bits per heavy atom. The number of amides is 2. The molecule has 4 rings (SSSR count). The molecule has 1 N–H and O–H groups in total. The Bertz CT molecular complexity index is 1220. The van der Waals surface area contributed by atoms with Crippen LogP contribution in [0, 0.1) is 0 Å². The number of hydrogen-bond donors (Lipinski definition) is 1. The number of allylic oxidation sites excluding steroid dienone is 3. The van der Waals surface area contributed by atoms with Crippen molar-refractivity contribution in [1.29, 1.82) is 0 Å². The molecule has 0 saturated carbocycles. The molecule has 11 heteroatoms. The standard InChI is InChI=1S/C24H18F6N2O3/c1-32-20(13-9-14(23(25,26)27)11-15(10-13)24(28,29)30)19(17-6-2-3-7-18(17)22(32)34)21(33)31-12-16-5-4-8-35-16/h2-5,7-11,20H,6,12H2,1H3,(H,31,33). The third kappa shape index (κ3) is 4.75. The van der Waals surface area contributed by atoms with E-state index in [0.717, 1.165) is 4.90 Å². The van der Waals surface area contributed by atoms with Crippen molar-refractivity contribution in [3.63, 3.8) is 0 Å². The molecule has 1 aromatic heterocycles. The van der Waals surface area contributed by atoms with Crippen LogP contribution in [-0.4, -0.2) is 23.8 Å². The smallest absolute Gasteiger partial charge is 0.416 e. The highest BCUT2D eigenvalue weighted by molar-refractivity contribution is 6.07. The summed E-state index contributed by atoms with van der Waals surface area (Å²) in [6, 6.07) is 2.78. The van der Waals surface area contributed by atoms with E-state index in [-0.39, 0.29) is 35.8 Å². The van der Waals surface area contributed by atoms with E-state index in [2.05, 4.69) is 5.32 Å². The minimum Gasteiger partial charge on any atom is -0.467 e. The zero-order chi connectivity index (χ0) is 25.5. The van der Waals surface area contributed by atoms with Crippen LogP contribution in [0.25, 0.3) is 0 Å². The third-order valence-corrected chi connectivity index (χ3v) is 5.76. The van der Waals surface area contributed by atoms with Crippen molar-refractivity contribution in [1.82, 2.24) is 10.2 Å². The van der Waals surface area contributed by atoms with Crippen LogP contribution >= 0.6 is 0 Å². The molecule has 1 aliphatic carbocycles. The van der Waals surface area contributed by atoms with Gasteiger partial charge < -0.3 is 14.6 Å². The van der Waals surface area contributed by atoms with Gasteiger partial charge in [-0.1, -0.05) is 12.2 Å². The summed E-state index contributed by atoms with van der Waals surface area (Å²) in [4.78, 5) is 27.3.